The molecule has 4 aliphatic carbocycles. The molecular weight excluding hydrogens is 949 g/mol. The molecule has 10 unspecified atom stereocenters. The first-order valence-corrected chi connectivity index (χ1v) is 30.0. The average molecular weight is 1020 g/mol. The van der Waals surface area contributed by atoms with Crippen molar-refractivity contribution in [3.05, 3.63) is 216 Å². The minimum absolute atomic E-state index is 0.478. The molecular formula is C72H72N6. The van der Waals surface area contributed by atoms with Crippen LogP contribution in [0.1, 0.15) is 147 Å². The van der Waals surface area contributed by atoms with Gasteiger partial charge in [0.1, 0.15) is 0 Å². The zero-order chi connectivity index (χ0) is 51.3. The third kappa shape index (κ3) is 8.62. The monoisotopic (exact) mass is 1020 g/mol. The highest BCUT2D eigenvalue weighted by Gasteiger charge is 2.46. The molecule has 10 atom stereocenters. The van der Waals surface area contributed by atoms with Crippen molar-refractivity contribution >= 4 is 65.4 Å². The van der Waals surface area contributed by atoms with Gasteiger partial charge in [-0.15, -0.1) is 0 Å². The smallest absolute Gasteiger partial charge is 0.0456 e. The topological polar surface area (TPSA) is 94.7 Å². The fourth-order valence-corrected chi connectivity index (χ4v) is 17.3. The Morgan fingerprint density at radius 1 is 0.192 bits per heavy atom. The Morgan fingerprint density at radius 3 is 0.551 bits per heavy atom. The van der Waals surface area contributed by atoms with Gasteiger partial charge in [0, 0.05) is 67.3 Å². The standard InChI is InChI=1S/C72H72N6/c1-7-19-61-43(13-1)37-67(73-61)55-27-49(25-51(29-55)53-31-57(69-39-45-15-3-9-21-63(45)75-69)35-58(32-53)70-40-46-16-4-10-22-64(46)76-70)50-26-52(30-56(28-50)68-38-44-14-2-8-20-62(44)74-68)54-33-59(71-41-47-17-5-11-23-65(47)77-71)36-60(34-54)72-42-48-18-6-12-24-66(48)78-72/h1-24,37-42,49-60,73-78H,25-36H2. The first-order valence-electron chi connectivity index (χ1n) is 30.0. The normalized spacial score (nSPS) is 28.2. The molecule has 12 aromatic rings. The van der Waals surface area contributed by atoms with E-state index in [1.165, 1.54) is 177 Å². The quantitative estimate of drug-likeness (QED) is 0.0831. The molecule has 0 saturated heterocycles. The highest BCUT2D eigenvalue weighted by molar-refractivity contribution is 5.84. The maximum Gasteiger partial charge on any atom is 0.0456 e. The third-order valence-corrected chi connectivity index (χ3v) is 21.0. The van der Waals surface area contributed by atoms with Crippen molar-refractivity contribution < 1.29 is 0 Å². The highest BCUT2D eigenvalue weighted by atomic mass is 14.8. The largest absolute Gasteiger partial charge is 0.358 e. The number of aromatic amines is 6. The van der Waals surface area contributed by atoms with Crippen LogP contribution >= 0.6 is 0 Å². The molecule has 0 amide bonds. The predicted molar refractivity (Wildman–Crippen MR) is 323 cm³/mol. The van der Waals surface area contributed by atoms with Gasteiger partial charge in [-0.3, -0.25) is 0 Å². The number of fused-ring (bicyclic) bond motifs is 6. The van der Waals surface area contributed by atoms with Crippen molar-refractivity contribution in [3.8, 4) is 0 Å². The van der Waals surface area contributed by atoms with Crippen LogP contribution in [0.4, 0.5) is 0 Å². The van der Waals surface area contributed by atoms with E-state index in [0.29, 0.717) is 71.0 Å². The number of hydrogen-bond acceptors (Lipinski definition) is 0. The van der Waals surface area contributed by atoms with Crippen LogP contribution in [0.2, 0.25) is 0 Å². The summed E-state index contributed by atoms with van der Waals surface area (Å²) in [4.78, 5) is 24.0. The van der Waals surface area contributed by atoms with E-state index in [0.717, 1.165) is 0 Å². The summed E-state index contributed by atoms with van der Waals surface area (Å²) in [6.45, 7) is 0. The average Bonchev–Trinajstić information content (AvgIpc) is 4.38. The minimum Gasteiger partial charge on any atom is -0.358 e. The second-order valence-corrected chi connectivity index (χ2v) is 25.4. The van der Waals surface area contributed by atoms with E-state index in [2.05, 4.69) is 212 Å². The molecule has 0 aliphatic heterocycles. The van der Waals surface area contributed by atoms with Gasteiger partial charge >= 0.3 is 0 Å². The summed E-state index contributed by atoms with van der Waals surface area (Å²) in [5.41, 5.74) is 16.3. The highest BCUT2D eigenvalue weighted by Crippen LogP contribution is 2.58. The van der Waals surface area contributed by atoms with Crippen molar-refractivity contribution in [3.63, 3.8) is 0 Å². The van der Waals surface area contributed by atoms with E-state index in [9.17, 15) is 0 Å². The number of H-pyrrole nitrogens is 6. The van der Waals surface area contributed by atoms with E-state index < -0.39 is 0 Å². The van der Waals surface area contributed by atoms with Gasteiger partial charge in [-0.25, -0.2) is 0 Å². The Balaban J connectivity index is 0.777. The summed E-state index contributed by atoms with van der Waals surface area (Å²) in [7, 11) is 0. The molecule has 0 radical (unpaired) electrons. The van der Waals surface area contributed by atoms with Crippen LogP contribution in [0.3, 0.4) is 0 Å². The van der Waals surface area contributed by atoms with E-state index in [-0.39, 0.29) is 0 Å². The van der Waals surface area contributed by atoms with Gasteiger partial charge < -0.3 is 29.9 Å². The molecule has 4 saturated carbocycles. The lowest BCUT2D eigenvalue weighted by Crippen LogP contribution is -2.38. The molecule has 0 spiro atoms. The Labute approximate surface area is 457 Å². The first-order chi connectivity index (χ1) is 38.5. The maximum absolute atomic E-state index is 4.06. The number of benzene rings is 6. The molecule has 6 N–H and O–H groups in total. The van der Waals surface area contributed by atoms with Crippen LogP contribution in [-0.4, -0.2) is 29.9 Å². The number of hydrogen-bond donors (Lipinski definition) is 6. The Morgan fingerprint density at radius 2 is 0.359 bits per heavy atom. The number of aromatic nitrogens is 6. The molecule has 390 valence electrons. The van der Waals surface area contributed by atoms with Crippen LogP contribution in [-0.2, 0) is 0 Å². The maximum atomic E-state index is 4.06. The van der Waals surface area contributed by atoms with Crippen LogP contribution in [0.25, 0.3) is 65.4 Å². The van der Waals surface area contributed by atoms with Crippen molar-refractivity contribution in [1.82, 2.24) is 29.9 Å². The van der Waals surface area contributed by atoms with Gasteiger partial charge in [0.05, 0.1) is 0 Å². The second kappa shape index (κ2) is 19.2. The van der Waals surface area contributed by atoms with Crippen LogP contribution in [0, 0.1) is 35.5 Å². The Bertz CT molecular complexity index is 3470. The fraction of sp³-hybridized carbons (Fsp3) is 0.333. The van der Waals surface area contributed by atoms with Crippen molar-refractivity contribution in [2.45, 2.75) is 113 Å². The lowest BCUT2D eigenvalue weighted by molar-refractivity contribution is 0.0521. The van der Waals surface area contributed by atoms with Crippen LogP contribution < -0.4 is 0 Å². The van der Waals surface area contributed by atoms with Gasteiger partial charge in [-0.2, -0.15) is 0 Å². The van der Waals surface area contributed by atoms with Gasteiger partial charge in [-0.05, 0) is 253 Å². The lowest BCUT2D eigenvalue weighted by atomic mass is 9.56. The molecule has 0 bridgehead atoms. The Hall–Kier alpha value is -7.44. The van der Waals surface area contributed by atoms with Crippen molar-refractivity contribution in [2.75, 3.05) is 0 Å². The SMILES string of the molecule is c1ccc2[nH]c(C3CC(c4cc5ccccc5[nH]4)CC(C4CC(c5cc6ccccc6[nH]5)CC(C5CC(c6cc7ccccc7[nH]6)CC(C6CC(c7cc8ccccc8[nH]7)CC(c7cc8ccccc8[nH]7)C6)C5)C4)C3)cc2c1. The van der Waals surface area contributed by atoms with E-state index >= 15 is 0 Å². The van der Waals surface area contributed by atoms with Crippen molar-refractivity contribution in [2.24, 2.45) is 35.5 Å². The summed E-state index contributed by atoms with van der Waals surface area (Å²) in [6.07, 6.45) is 15.1. The molecule has 16 rings (SSSR count). The number of rotatable bonds is 9. The van der Waals surface area contributed by atoms with Gasteiger partial charge in [-0.1, -0.05) is 109 Å². The predicted octanol–water partition coefficient (Wildman–Crippen LogP) is 19.0. The molecule has 6 aromatic carbocycles. The van der Waals surface area contributed by atoms with Gasteiger partial charge in [0.25, 0.3) is 0 Å². The number of nitrogens with one attached hydrogen (secondary N) is 6. The molecule has 4 fully saturated rings. The van der Waals surface area contributed by atoms with Crippen molar-refractivity contribution in [1.29, 1.82) is 0 Å². The summed E-state index contributed by atoms with van der Waals surface area (Å²) < 4.78 is 0. The number of para-hydroxylation sites is 6. The third-order valence-electron chi connectivity index (χ3n) is 21.0. The summed E-state index contributed by atoms with van der Waals surface area (Å²) in [5, 5.41) is 8.05. The van der Waals surface area contributed by atoms with Crippen LogP contribution in [0.15, 0.2) is 182 Å². The molecule has 6 heteroatoms. The summed E-state index contributed by atoms with van der Waals surface area (Å²) in [5.74, 6) is 6.73. The first kappa shape index (κ1) is 46.6. The Kier molecular flexibility index (Phi) is 11.5. The molecule has 4 aliphatic rings. The van der Waals surface area contributed by atoms with Gasteiger partial charge in [0.2, 0.25) is 0 Å². The van der Waals surface area contributed by atoms with E-state index in [1.807, 2.05) is 0 Å². The zero-order valence-corrected chi connectivity index (χ0v) is 44.7. The second-order valence-electron chi connectivity index (χ2n) is 25.4. The minimum atomic E-state index is 0.478. The van der Waals surface area contributed by atoms with Gasteiger partial charge in [0.15, 0.2) is 0 Å². The summed E-state index contributed by atoms with van der Waals surface area (Å²) >= 11 is 0. The lowest BCUT2D eigenvalue weighted by Gasteiger charge is -2.49. The molecule has 6 aromatic heterocycles. The summed E-state index contributed by atoms with van der Waals surface area (Å²) in [6, 6.07) is 68.8. The molecule has 78 heavy (non-hydrogen) atoms. The van der Waals surface area contributed by atoms with E-state index in [1.54, 1.807) is 0 Å². The molecule has 6 nitrogen and oxygen atoms in total. The zero-order valence-electron chi connectivity index (χ0n) is 44.7. The fourth-order valence-electron chi connectivity index (χ4n) is 17.3. The molecule has 6 heterocycles. The van der Waals surface area contributed by atoms with Crippen LogP contribution in [0.5, 0.6) is 0 Å². The van der Waals surface area contributed by atoms with E-state index in [4.69, 9.17) is 0 Å².